The third kappa shape index (κ3) is 4.72. The van der Waals surface area contributed by atoms with Crippen LogP contribution in [0.3, 0.4) is 0 Å². The van der Waals surface area contributed by atoms with Gasteiger partial charge in [0.05, 0.1) is 18.5 Å². The number of nitrogens with one attached hydrogen (secondary N) is 1. The van der Waals surface area contributed by atoms with Crippen molar-refractivity contribution in [1.82, 2.24) is 5.32 Å². The Morgan fingerprint density at radius 2 is 1.88 bits per heavy atom. The zero-order chi connectivity index (χ0) is 17.7. The summed E-state index contributed by atoms with van der Waals surface area (Å²) in [4.78, 5) is 12.2. The lowest BCUT2D eigenvalue weighted by Crippen LogP contribution is -2.40. The van der Waals surface area contributed by atoms with Gasteiger partial charge in [0.15, 0.2) is 0 Å². The van der Waals surface area contributed by atoms with E-state index in [4.69, 9.17) is 0 Å². The number of hydrogen-bond donors (Lipinski definition) is 1. The van der Waals surface area contributed by atoms with Gasteiger partial charge >= 0.3 is 0 Å². The number of hydrogen-bond acceptors (Lipinski definition) is 3. The Labute approximate surface area is 145 Å². The molecule has 0 atom stereocenters. The Hall–Kier alpha value is -1.56. The number of anilines is 1. The van der Waals surface area contributed by atoms with Crippen LogP contribution in [0.4, 0.5) is 5.69 Å². The number of aryl methyl sites for hydroxylation is 1. The second kappa shape index (κ2) is 8.01. The van der Waals surface area contributed by atoms with E-state index in [9.17, 15) is 13.2 Å². The van der Waals surface area contributed by atoms with Crippen LogP contribution in [0.5, 0.6) is 0 Å². The van der Waals surface area contributed by atoms with Crippen LogP contribution in [-0.4, -0.2) is 33.7 Å². The molecule has 0 spiro atoms. The number of rotatable bonds is 6. The summed E-state index contributed by atoms with van der Waals surface area (Å²) >= 11 is 0. The van der Waals surface area contributed by atoms with E-state index >= 15 is 0 Å². The lowest BCUT2D eigenvalue weighted by Gasteiger charge is -2.26. The van der Waals surface area contributed by atoms with Gasteiger partial charge in [0.25, 0.3) is 0 Å². The van der Waals surface area contributed by atoms with Crippen molar-refractivity contribution >= 4 is 21.6 Å². The monoisotopic (exact) mass is 352 g/mol. The highest BCUT2D eigenvalue weighted by atomic mass is 32.2. The largest absolute Gasteiger partial charge is 0.354 e. The number of sulfonamides is 1. The van der Waals surface area contributed by atoms with Crippen LogP contribution in [0.2, 0.25) is 0 Å². The fraction of sp³-hybridized carbons (Fsp3) is 0.611. The van der Waals surface area contributed by atoms with Crippen molar-refractivity contribution in [3.8, 4) is 0 Å². The van der Waals surface area contributed by atoms with Crippen LogP contribution in [0.1, 0.15) is 43.2 Å². The molecule has 1 N–H and O–H groups in total. The van der Waals surface area contributed by atoms with Crippen molar-refractivity contribution in [3.63, 3.8) is 0 Å². The Bertz CT molecular complexity index is 680. The van der Waals surface area contributed by atoms with Gasteiger partial charge in [-0.2, -0.15) is 0 Å². The third-order valence-corrected chi connectivity index (χ3v) is 6.02. The van der Waals surface area contributed by atoms with E-state index in [1.54, 1.807) is 0 Å². The van der Waals surface area contributed by atoms with Gasteiger partial charge in [-0.1, -0.05) is 31.4 Å². The fourth-order valence-corrected chi connectivity index (χ4v) is 4.24. The molecule has 1 fully saturated rings. The molecule has 0 aliphatic heterocycles. The molecular weight excluding hydrogens is 324 g/mol. The zero-order valence-corrected chi connectivity index (χ0v) is 15.7. The lowest BCUT2D eigenvalue weighted by atomic mass is 9.89. The topological polar surface area (TPSA) is 66.5 Å². The smallest absolute Gasteiger partial charge is 0.232 e. The highest BCUT2D eigenvalue weighted by Crippen LogP contribution is 2.25. The summed E-state index contributed by atoms with van der Waals surface area (Å²) < 4.78 is 25.8. The van der Waals surface area contributed by atoms with Gasteiger partial charge in [-0.3, -0.25) is 9.10 Å². The van der Waals surface area contributed by atoms with Crippen molar-refractivity contribution in [2.75, 3.05) is 23.7 Å². The predicted molar refractivity (Wildman–Crippen MR) is 97.7 cm³/mol. The SMILES string of the molecule is Cc1cccc(N(CCNC(=O)C2CCCCC2)S(C)(=O)=O)c1C. The molecule has 0 aromatic heterocycles. The Morgan fingerprint density at radius 3 is 2.50 bits per heavy atom. The van der Waals surface area contributed by atoms with E-state index in [-0.39, 0.29) is 18.4 Å². The maximum absolute atomic E-state index is 12.2. The average molecular weight is 353 g/mol. The summed E-state index contributed by atoms with van der Waals surface area (Å²) in [6.45, 7) is 4.46. The molecule has 1 saturated carbocycles. The van der Waals surface area contributed by atoms with E-state index in [2.05, 4.69) is 5.32 Å². The normalized spacial score (nSPS) is 16.0. The standard InChI is InChI=1S/C18H28N2O3S/c1-14-8-7-11-17(15(14)2)20(24(3,22)23)13-12-19-18(21)16-9-5-4-6-10-16/h7-8,11,16H,4-6,9-10,12-13H2,1-3H3,(H,19,21). The van der Waals surface area contributed by atoms with E-state index in [0.717, 1.165) is 36.8 Å². The maximum atomic E-state index is 12.2. The van der Waals surface area contributed by atoms with Gasteiger partial charge in [0.1, 0.15) is 0 Å². The van der Waals surface area contributed by atoms with Crippen LogP contribution in [0.15, 0.2) is 18.2 Å². The first-order chi connectivity index (χ1) is 11.3. The minimum atomic E-state index is -3.40. The molecule has 0 heterocycles. The first kappa shape index (κ1) is 18.8. The van der Waals surface area contributed by atoms with Gasteiger partial charge in [-0.05, 0) is 43.9 Å². The summed E-state index contributed by atoms with van der Waals surface area (Å²) in [6.07, 6.45) is 6.51. The summed E-state index contributed by atoms with van der Waals surface area (Å²) in [5.41, 5.74) is 2.68. The van der Waals surface area contributed by atoms with Gasteiger partial charge in [-0.25, -0.2) is 8.42 Å². The molecule has 5 nitrogen and oxygen atoms in total. The molecule has 1 aliphatic rings. The highest BCUT2D eigenvalue weighted by Gasteiger charge is 2.23. The van der Waals surface area contributed by atoms with Crippen LogP contribution in [0, 0.1) is 19.8 Å². The average Bonchev–Trinajstić information content (AvgIpc) is 2.54. The minimum absolute atomic E-state index is 0.0594. The summed E-state index contributed by atoms with van der Waals surface area (Å²) in [7, 11) is -3.40. The summed E-state index contributed by atoms with van der Waals surface area (Å²) in [5, 5.41) is 2.91. The third-order valence-electron chi connectivity index (χ3n) is 4.84. The number of benzene rings is 1. The maximum Gasteiger partial charge on any atom is 0.232 e. The van der Waals surface area contributed by atoms with Gasteiger partial charge in [-0.15, -0.1) is 0 Å². The van der Waals surface area contributed by atoms with Gasteiger partial charge in [0, 0.05) is 12.5 Å². The Kier molecular flexibility index (Phi) is 6.27. The van der Waals surface area contributed by atoms with Crippen molar-refractivity contribution in [2.24, 2.45) is 5.92 Å². The molecule has 0 radical (unpaired) electrons. The van der Waals surface area contributed by atoms with E-state index in [1.165, 1.54) is 17.0 Å². The number of carbonyl (C=O) groups is 1. The zero-order valence-electron chi connectivity index (χ0n) is 14.8. The highest BCUT2D eigenvalue weighted by molar-refractivity contribution is 7.92. The number of amides is 1. The molecule has 24 heavy (non-hydrogen) atoms. The van der Waals surface area contributed by atoms with Gasteiger partial charge in [0.2, 0.25) is 15.9 Å². The van der Waals surface area contributed by atoms with Gasteiger partial charge < -0.3 is 5.32 Å². The minimum Gasteiger partial charge on any atom is -0.354 e. The van der Waals surface area contributed by atoms with Crippen LogP contribution >= 0.6 is 0 Å². The summed E-state index contributed by atoms with van der Waals surface area (Å²) in [6, 6.07) is 5.63. The molecule has 134 valence electrons. The molecule has 1 aliphatic carbocycles. The second-order valence-corrected chi connectivity index (χ2v) is 8.59. The molecule has 0 saturated heterocycles. The Morgan fingerprint density at radius 1 is 1.21 bits per heavy atom. The first-order valence-corrected chi connectivity index (χ1v) is 10.5. The fourth-order valence-electron chi connectivity index (χ4n) is 3.26. The van der Waals surface area contributed by atoms with E-state index in [1.807, 2.05) is 32.0 Å². The van der Waals surface area contributed by atoms with Crippen LogP contribution in [0.25, 0.3) is 0 Å². The summed E-state index contributed by atoms with van der Waals surface area (Å²) in [5.74, 6) is 0.148. The molecule has 1 aromatic rings. The second-order valence-electron chi connectivity index (χ2n) is 6.68. The Balaban J connectivity index is 2.02. The van der Waals surface area contributed by atoms with Crippen LogP contribution in [-0.2, 0) is 14.8 Å². The molecule has 0 unspecified atom stereocenters. The van der Waals surface area contributed by atoms with Crippen molar-refractivity contribution in [1.29, 1.82) is 0 Å². The van der Waals surface area contributed by atoms with E-state index < -0.39 is 10.0 Å². The lowest BCUT2D eigenvalue weighted by molar-refractivity contribution is -0.125. The quantitative estimate of drug-likeness (QED) is 0.856. The molecule has 6 heteroatoms. The molecule has 0 bridgehead atoms. The van der Waals surface area contributed by atoms with E-state index in [0.29, 0.717) is 12.2 Å². The first-order valence-electron chi connectivity index (χ1n) is 8.62. The van der Waals surface area contributed by atoms with Crippen LogP contribution < -0.4 is 9.62 Å². The van der Waals surface area contributed by atoms with Crippen molar-refractivity contribution in [3.05, 3.63) is 29.3 Å². The molecule has 2 rings (SSSR count). The molecular formula is C18H28N2O3S. The number of carbonyl (C=O) groups excluding carboxylic acids is 1. The predicted octanol–water partition coefficient (Wildman–Crippen LogP) is 2.77. The molecule has 1 aromatic carbocycles. The number of nitrogens with zero attached hydrogens (tertiary/aromatic N) is 1. The van der Waals surface area contributed by atoms with Crippen molar-refractivity contribution < 1.29 is 13.2 Å². The molecule has 1 amide bonds. The van der Waals surface area contributed by atoms with Crippen molar-refractivity contribution in [2.45, 2.75) is 46.0 Å².